The third kappa shape index (κ3) is 5.76. The molecule has 0 aliphatic rings. The number of thiazole rings is 1. The molecule has 0 saturated heterocycles. The first-order valence-electron chi connectivity index (χ1n) is 10.2. The molecule has 0 aliphatic heterocycles. The van der Waals surface area contributed by atoms with E-state index in [1.807, 2.05) is 30.3 Å². The van der Waals surface area contributed by atoms with Crippen LogP contribution in [0.2, 0.25) is 5.02 Å². The Bertz CT molecular complexity index is 1370. The molecule has 0 spiro atoms. The quantitative estimate of drug-likeness (QED) is 0.282. The van der Waals surface area contributed by atoms with Crippen LogP contribution in [0.3, 0.4) is 0 Å². The van der Waals surface area contributed by atoms with Gasteiger partial charge in [0, 0.05) is 11.4 Å². The molecule has 33 heavy (non-hydrogen) atoms. The molecule has 0 saturated carbocycles. The summed E-state index contributed by atoms with van der Waals surface area (Å²) in [4.78, 5) is 19.4. The molecule has 1 amide bonds. The fraction of sp³-hybridized carbons (Fsp3) is 0.167. The van der Waals surface area contributed by atoms with Crippen molar-refractivity contribution in [1.29, 1.82) is 0 Å². The summed E-state index contributed by atoms with van der Waals surface area (Å²) in [5, 5.41) is 1.12. The van der Waals surface area contributed by atoms with Crippen LogP contribution < -0.4 is 4.90 Å². The average molecular weight is 503 g/mol. The number of rotatable bonds is 8. The van der Waals surface area contributed by atoms with Crippen molar-refractivity contribution in [2.75, 3.05) is 10.7 Å². The van der Waals surface area contributed by atoms with Crippen LogP contribution in [0.25, 0.3) is 10.2 Å². The lowest BCUT2D eigenvalue weighted by atomic mass is 10.2. The number of carbonyl (C=O) groups is 1. The molecule has 4 rings (SSSR count). The Morgan fingerprint density at radius 1 is 1.03 bits per heavy atom. The number of benzene rings is 3. The van der Waals surface area contributed by atoms with Gasteiger partial charge in [0.05, 0.1) is 27.4 Å². The van der Waals surface area contributed by atoms with E-state index >= 15 is 0 Å². The second-order valence-electron chi connectivity index (χ2n) is 7.45. The third-order valence-electron chi connectivity index (χ3n) is 5.03. The number of hydrogen-bond acceptors (Lipinski definition) is 5. The highest BCUT2D eigenvalue weighted by atomic mass is 35.5. The molecule has 0 aliphatic carbocycles. The second kappa shape index (κ2) is 9.99. The summed E-state index contributed by atoms with van der Waals surface area (Å²) in [5.41, 5.74) is 1.67. The highest BCUT2D eigenvalue weighted by Gasteiger charge is 2.22. The topological polar surface area (TPSA) is 67.3 Å². The van der Waals surface area contributed by atoms with E-state index in [0.717, 1.165) is 27.9 Å². The minimum absolute atomic E-state index is 0.0317. The summed E-state index contributed by atoms with van der Waals surface area (Å²) >= 11 is 7.45. The predicted octanol–water partition coefficient (Wildman–Crippen LogP) is 5.88. The number of carbonyl (C=O) groups excluding carboxylic acids is 1. The van der Waals surface area contributed by atoms with Gasteiger partial charge >= 0.3 is 0 Å². The normalized spacial score (nSPS) is 11.6. The van der Waals surface area contributed by atoms with E-state index in [1.54, 1.807) is 23.1 Å². The maximum atomic E-state index is 13.2. The van der Waals surface area contributed by atoms with Gasteiger partial charge < -0.3 is 0 Å². The van der Waals surface area contributed by atoms with Gasteiger partial charge in [-0.15, -0.1) is 0 Å². The van der Waals surface area contributed by atoms with Crippen LogP contribution in [0, 0.1) is 5.82 Å². The van der Waals surface area contributed by atoms with E-state index in [4.69, 9.17) is 11.6 Å². The zero-order valence-electron chi connectivity index (χ0n) is 17.4. The van der Waals surface area contributed by atoms with Crippen LogP contribution in [-0.2, 0) is 21.2 Å². The summed E-state index contributed by atoms with van der Waals surface area (Å²) < 4.78 is 39.0. The van der Waals surface area contributed by atoms with E-state index in [-0.39, 0.29) is 29.4 Å². The number of aromatic nitrogens is 1. The Balaban J connectivity index is 1.52. The van der Waals surface area contributed by atoms with Crippen LogP contribution >= 0.6 is 22.9 Å². The van der Waals surface area contributed by atoms with Crippen molar-refractivity contribution in [1.82, 2.24) is 4.98 Å². The fourth-order valence-corrected chi connectivity index (χ4v) is 5.91. The van der Waals surface area contributed by atoms with Crippen molar-refractivity contribution in [3.05, 3.63) is 89.2 Å². The maximum Gasteiger partial charge on any atom is 0.229 e. The number of sulfone groups is 1. The van der Waals surface area contributed by atoms with Gasteiger partial charge in [0.25, 0.3) is 0 Å². The smallest absolute Gasteiger partial charge is 0.229 e. The predicted molar refractivity (Wildman–Crippen MR) is 130 cm³/mol. The van der Waals surface area contributed by atoms with E-state index < -0.39 is 15.7 Å². The van der Waals surface area contributed by atoms with Gasteiger partial charge in [-0.1, -0.05) is 53.3 Å². The number of nitrogens with zero attached hydrogens (tertiary/aromatic N) is 2. The summed E-state index contributed by atoms with van der Waals surface area (Å²) in [7, 11) is -3.61. The average Bonchev–Trinajstić information content (AvgIpc) is 3.21. The van der Waals surface area contributed by atoms with Gasteiger partial charge in [0.15, 0.2) is 15.0 Å². The van der Waals surface area contributed by atoms with Crippen molar-refractivity contribution in [3.63, 3.8) is 0 Å². The molecule has 5 nitrogen and oxygen atoms in total. The standard InChI is InChI=1S/C24H20ClFN2O3S2/c25-18-8-13-21-22(15-18)32-24(27-21)28(16-17-5-2-1-3-6-17)23(29)7-4-14-33(30,31)20-11-9-19(26)10-12-20/h1-3,5-6,8-13,15H,4,7,14,16H2. The zero-order valence-corrected chi connectivity index (χ0v) is 19.8. The molecule has 0 bridgehead atoms. The van der Waals surface area contributed by atoms with Crippen molar-refractivity contribution < 1.29 is 17.6 Å². The molecule has 0 atom stereocenters. The first kappa shape index (κ1) is 23.4. The van der Waals surface area contributed by atoms with E-state index in [2.05, 4.69) is 4.98 Å². The summed E-state index contributed by atoms with van der Waals surface area (Å²) in [6, 6.07) is 19.6. The fourth-order valence-electron chi connectivity index (χ4n) is 3.34. The maximum absolute atomic E-state index is 13.2. The highest BCUT2D eigenvalue weighted by Crippen LogP contribution is 2.32. The van der Waals surface area contributed by atoms with Gasteiger partial charge in [0.2, 0.25) is 5.91 Å². The SMILES string of the molecule is O=C(CCCS(=O)(=O)c1ccc(F)cc1)N(Cc1ccccc1)c1nc2ccc(Cl)cc2s1. The third-order valence-corrected chi connectivity index (χ3v) is 8.12. The van der Waals surface area contributed by atoms with Gasteiger partial charge in [0.1, 0.15) is 5.82 Å². The number of fused-ring (bicyclic) bond motifs is 1. The summed E-state index contributed by atoms with van der Waals surface area (Å²) in [5.74, 6) is -0.935. The van der Waals surface area contributed by atoms with Gasteiger partial charge in [-0.3, -0.25) is 9.69 Å². The molecule has 3 aromatic carbocycles. The number of anilines is 1. The van der Waals surface area contributed by atoms with Crippen LogP contribution in [0.4, 0.5) is 9.52 Å². The first-order chi connectivity index (χ1) is 15.8. The van der Waals surface area contributed by atoms with Gasteiger partial charge in [-0.05, 0) is 54.4 Å². The molecule has 1 heterocycles. The Labute approximate surface area is 200 Å². The summed E-state index contributed by atoms with van der Waals surface area (Å²) in [6.45, 7) is 0.317. The number of halogens is 2. The molecule has 170 valence electrons. The Kier molecular flexibility index (Phi) is 7.07. The van der Waals surface area contributed by atoms with Crippen LogP contribution in [-0.4, -0.2) is 25.1 Å². The monoisotopic (exact) mass is 502 g/mol. The zero-order chi connectivity index (χ0) is 23.4. The van der Waals surface area contributed by atoms with Crippen LogP contribution in [0.5, 0.6) is 0 Å². The molecule has 0 radical (unpaired) electrons. The van der Waals surface area contributed by atoms with Crippen molar-refractivity contribution in [2.24, 2.45) is 0 Å². The Morgan fingerprint density at radius 2 is 1.76 bits per heavy atom. The van der Waals surface area contributed by atoms with E-state index in [1.165, 1.54) is 23.5 Å². The lowest BCUT2D eigenvalue weighted by Gasteiger charge is -2.20. The van der Waals surface area contributed by atoms with Crippen molar-refractivity contribution in [2.45, 2.75) is 24.3 Å². The lowest BCUT2D eigenvalue weighted by Crippen LogP contribution is -2.30. The number of hydrogen-bond donors (Lipinski definition) is 0. The van der Waals surface area contributed by atoms with Crippen molar-refractivity contribution >= 4 is 54.0 Å². The minimum Gasteiger partial charge on any atom is -0.284 e. The number of amides is 1. The first-order valence-corrected chi connectivity index (χ1v) is 13.1. The van der Waals surface area contributed by atoms with Gasteiger partial charge in [-0.25, -0.2) is 17.8 Å². The molecule has 4 aromatic rings. The van der Waals surface area contributed by atoms with Crippen LogP contribution in [0.15, 0.2) is 77.7 Å². The Morgan fingerprint density at radius 3 is 2.48 bits per heavy atom. The minimum atomic E-state index is -3.61. The molecule has 1 aromatic heterocycles. The molecular weight excluding hydrogens is 483 g/mol. The second-order valence-corrected chi connectivity index (χ2v) is 11.0. The molecule has 0 N–H and O–H groups in total. The van der Waals surface area contributed by atoms with Crippen molar-refractivity contribution in [3.8, 4) is 0 Å². The molecule has 0 fully saturated rings. The van der Waals surface area contributed by atoms with Gasteiger partial charge in [-0.2, -0.15) is 0 Å². The van der Waals surface area contributed by atoms with E-state index in [0.29, 0.717) is 16.7 Å². The molecule has 0 unspecified atom stereocenters. The molecular formula is C24H20ClFN2O3S2. The highest BCUT2D eigenvalue weighted by molar-refractivity contribution is 7.91. The van der Waals surface area contributed by atoms with Crippen LogP contribution in [0.1, 0.15) is 18.4 Å². The molecule has 9 heteroatoms. The largest absolute Gasteiger partial charge is 0.284 e. The lowest BCUT2D eigenvalue weighted by molar-refractivity contribution is -0.118. The summed E-state index contributed by atoms with van der Waals surface area (Å²) in [6.07, 6.45) is 0.171. The van der Waals surface area contributed by atoms with E-state index in [9.17, 15) is 17.6 Å². The Hall–Kier alpha value is -2.81.